The molecule has 1 N–H and O–H groups in total. The van der Waals surface area contributed by atoms with Gasteiger partial charge in [-0.3, -0.25) is 4.79 Å². The number of ether oxygens (including phenoxy) is 1. The van der Waals surface area contributed by atoms with Gasteiger partial charge in [0.05, 0.1) is 11.9 Å². The van der Waals surface area contributed by atoms with E-state index in [2.05, 4.69) is 5.32 Å². The summed E-state index contributed by atoms with van der Waals surface area (Å²) in [4.78, 5) is 12.0. The number of carbonyl (C=O) groups excluding carboxylic acids is 1. The molecule has 7 heteroatoms. The number of rotatable bonds is 6. The first kappa shape index (κ1) is 16.9. The standard InChI is InChI=1S/C15H20FNO4S/c1-11(22(19,20)10-13-6-4-8-21-13)15(18)17-9-12-5-2-3-7-14(12)16/h2-3,5,7,11,13H,4,6,8-10H2,1H3,(H,17,18)/t11-,13+/m0/s1. The summed E-state index contributed by atoms with van der Waals surface area (Å²) in [6.45, 7) is 1.88. The summed E-state index contributed by atoms with van der Waals surface area (Å²) in [7, 11) is -3.59. The minimum atomic E-state index is -3.59. The molecular formula is C15H20FNO4S. The van der Waals surface area contributed by atoms with E-state index in [9.17, 15) is 17.6 Å². The molecule has 2 atom stereocenters. The Labute approximate surface area is 129 Å². The second-order valence-electron chi connectivity index (χ2n) is 5.42. The van der Waals surface area contributed by atoms with Gasteiger partial charge in [0.2, 0.25) is 5.91 Å². The van der Waals surface area contributed by atoms with E-state index in [0.29, 0.717) is 18.6 Å². The van der Waals surface area contributed by atoms with Crippen LogP contribution in [0.4, 0.5) is 4.39 Å². The molecule has 0 bridgehead atoms. The van der Waals surface area contributed by atoms with Crippen LogP contribution >= 0.6 is 0 Å². The van der Waals surface area contributed by atoms with Crippen molar-refractivity contribution in [1.29, 1.82) is 0 Å². The van der Waals surface area contributed by atoms with E-state index in [1.807, 2.05) is 0 Å². The minimum Gasteiger partial charge on any atom is -0.377 e. The quantitative estimate of drug-likeness (QED) is 0.857. The minimum absolute atomic E-state index is 0.0364. The summed E-state index contributed by atoms with van der Waals surface area (Å²) in [5, 5.41) is 1.29. The lowest BCUT2D eigenvalue weighted by Crippen LogP contribution is -2.40. The van der Waals surface area contributed by atoms with Crippen molar-refractivity contribution in [3.05, 3.63) is 35.6 Å². The van der Waals surface area contributed by atoms with Crippen molar-refractivity contribution in [2.75, 3.05) is 12.4 Å². The van der Waals surface area contributed by atoms with Gasteiger partial charge in [-0.25, -0.2) is 12.8 Å². The summed E-state index contributed by atoms with van der Waals surface area (Å²) in [5.41, 5.74) is 0.319. The zero-order valence-electron chi connectivity index (χ0n) is 12.4. The second kappa shape index (κ2) is 7.19. The second-order valence-corrected chi connectivity index (χ2v) is 7.78. The number of carbonyl (C=O) groups is 1. The Hall–Kier alpha value is -1.47. The maximum absolute atomic E-state index is 13.5. The van der Waals surface area contributed by atoms with Gasteiger partial charge in [0.1, 0.15) is 11.1 Å². The van der Waals surface area contributed by atoms with Crippen LogP contribution in [-0.4, -0.2) is 38.0 Å². The summed E-state index contributed by atoms with van der Waals surface area (Å²) in [6, 6.07) is 6.04. The van der Waals surface area contributed by atoms with E-state index in [1.165, 1.54) is 13.0 Å². The normalized spacial score (nSPS) is 19.8. The Balaban J connectivity index is 1.92. The average molecular weight is 329 g/mol. The van der Waals surface area contributed by atoms with Crippen LogP contribution in [-0.2, 0) is 25.9 Å². The van der Waals surface area contributed by atoms with Crippen LogP contribution in [0.5, 0.6) is 0 Å². The molecule has 0 spiro atoms. The highest BCUT2D eigenvalue weighted by Gasteiger charge is 2.32. The van der Waals surface area contributed by atoms with Crippen LogP contribution in [0.2, 0.25) is 0 Å². The van der Waals surface area contributed by atoms with Crippen LogP contribution in [0, 0.1) is 5.82 Å². The number of halogens is 1. The highest BCUT2D eigenvalue weighted by molar-refractivity contribution is 7.92. The Morgan fingerprint density at radius 3 is 2.82 bits per heavy atom. The Morgan fingerprint density at radius 1 is 1.45 bits per heavy atom. The van der Waals surface area contributed by atoms with Gasteiger partial charge < -0.3 is 10.1 Å². The molecule has 1 aliphatic rings. The zero-order chi connectivity index (χ0) is 16.2. The van der Waals surface area contributed by atoms with E-state index in [-0.39, 0.29) is 18.4 Å². The molecule has 5 nitrogen and oxygen atoms in total. The number of hydrogen-bond donors (Lipinski definition) is 1. The third-order valence-corrected chi connectivity index (χ3v) is 5.89. The number of sulfone groups is 1. The van der Waals surface area contributed by atoms with Gasteiger partial charge in [0.25, 0.3) is 0 Å². The van der Waals surface area contributed by atoms with Crippen molar-refractivity contribution < 1.29 is 22.3 Å². The number of hydrogen-bond acceptors (Lipinski definition) is 4. The molecule has 0 aromatic heterocycles. The van der Waals surface area contributed by atoms with Crippen LogP contribution < -0.4 is 5.32 Å². The topological polar surface area (TPSA) is 72.5 Å². The van der Waals surface area contributed by atoms with Crippen LogP contribution in [0.3, 0.4) is 0 Å². The van der Waals surface area contributed by atoms with Gasteiger partial charge in [-0.2, -0.15) is 0 Å². The van der Waals surface area contributed by atoms with Crippen LogP contribution in [0.15, 0.2) is 24.3 Å². The van der Waals surface area contributed by atoms with Crippen molar-refractivity contribution >= 4 is 15.7 Å². The van der Waals surface area contributed by atoms with Crippen molar-refractivity contribution in [2.45, 2.75) is 37.7 Å². The van der Waals surface area contributed by atoms with Crippen molar-refractivity contribution in [3.8, 4) is 0 Å². The SMILES string of the molecule is C[C@@H](C(=O)NCc1ccccc1F)S(=O)(=O)C[C@H]1CCCO1. The molecule has 0 radical (unpaired) electrons. The summed E-state index contributed by atoms with van der Waals surface area (Å²) < 4.78 is 43.1. The molecule has 0 saturated carbocycles. The Morgan fingerprint density at radius 2 is 2.18 bits per heavy atom. The first-order chi connectivity index (χ1) is 10.4. The molecule has 1 heterocycles. The van der Waals surface area contributed by atoms with Gasteiger partial charge in [-0.15, -0.1) is 0 Å². The van der Waals surface area contributed by atoms with E-state index >= 15 is 0 Å². The lowest BCUT2D eigenvalue weighted by atomic mass is 10.2. The number of amides is 1. The molecule has 22 heavy (non-hydrogen) atoms. The van der Waals surface area contributed by atoms with E-state index in [0.717, 1.165) is 6.42 Å². The molecule has 122 valence electrons. The van der Waals surface area contributed by atoms with E-state index in [4.69, 9.17) is 4.74 Å². The highest BCUT2D eigenvalue weighted by Crippen LogP contribution is 2.16. The lowest BCUT2D eigenvalue weighted by Gasteiger charge is -2.16. The zero-order valence-corrected chi connectivity index (χ0v) is 13.2. The first-order valence-electron chi connectivity index (χ1n) is 7.24. The van der Waals surface area contributed by atoms with Crippen LogP contribution in [0.1, 0.15) is 25.3 Å². The predicted molar refractivity (Wildman–Crippen MR) is 80.5 cm³/mol. The van der Waals surface area contributed by atoms with Crippen molar-refractivity contribution in [1.82, 2.24) is 5.32 Å². The molecular weight excluding hydrogens is 309 g/mol. The third-order valence-electron chi connectivity index (χ3n) is 3.76. The molecule has 1 fully saturated rings. The lowest BCUT2D eigenvalue weighted by molar-refractivity contribution is -0.120. The largest absolute Gasteiger partial charge is 0.377 e. The Bertz CT molecular complexity index is 626. The monoisotopic (exact) mass is 329 g/mol. The number of nitrogens with one attached hydrogen (secondary N) is 1. The molecule has 1 aromatic rings. The molecule has 1 saturated heterocycles. The van der Waals surface area contributed by atoms with Gasteiger partial charge in [0.15, 0.2) is 9.84 Å². The maximum atomic E-state index is 13.5. The third kappa shape index (κ3) is 4.27. The van der Waals surface area contributed by atoms with Crippen molar-refractivity contribution in [2.24, 2.45) is 0 Å². The van der Waals surface area contributed by atoms with Gasteiger partial charge in [-0.05, 0) is 25.8 Å². The fourth-order valence-electron chi connectivity index (χ4n) is 2.31. The summed E-state index contributed by atoms with van der Waals surface area (Å²) >= 11 is 0. The number of benzene rings is 1. The van der Waals surface area contributed by atoms with Crippen LogP contribution in [0.25, 0.3) is 0 Å². The molecule has 1 amide bonds. The average Bonchev–Trinajstić information content (AvgIpc) is 2.97. The summed E-state index contributed by atoms with van der Waals surface area (Å²) in [5.74, 6) is -1.21. The van der Waals surface area contributed by atoms with Gasteiger partial charge >= 0.3 is 0 Å². The molecule has 0 unspecified atom stereocenters. The predicted octanol–water partition coefficient (Wildman–Crippen LogP) is 1.42. The smallest absolute Gasteiger partial charge is 0.238 e. The van der Waals surface area contributed by atoms with Gasteiger partial charge in [-0.1, -0.05) is 18.2 Å². The molecule has 0 aliphatic carbocycles. The van der Waals surface area contributed by atoms with E-state index < -0.39 is 26.8 Å². The van der Waals surface area contributed by atoms with Crippen molar-refractivity contribution in [3.63, 3.8) is 0 Å². The van der Waals surface area contributed by atoms with Gasteiger partial charge in [0, 0.05) is 18.7 Å². The first-order valence-corrected chi connectivity index (χ1v) is 8.96. The Kier molecular flexibility index (Phi) is 5.52. The molecule has 1 aromatic carbocycles. The fourth-order valence-corrected chi connectivity index (χ4v) is 3.79. The fraction of sp³-hybridized carbons (Fsp3) is 0.533. The van der Waals surface area contributed by atoms with E-state index in [1.54, 1.807) is 18.2 Å². The summed E-state index contributed by atoms with van der Waals surface area (Å²) in [6.07, 6.45) is 1.21. The highest BCUT2D eigenvalue weighted by atomic mass is 32.2. The maximum Gasteiger partial charge on any atom is 0.238 e. The molecule has 2 rings (SSSR count). The molecule has 1 aliphatic heterocycles.